The van der Waals surface area contributed by atoms with Gasteiger partial charge in [0.15, 0.2) is 6.10 Å². The van der Waals surface area contributed by atoms with Crippen LogP contribution in [-0.2, 0) is 27.2 Å². The number of amides is 1. The number of carbonyl (C=O) groups is 2. The Balaban J connectivity index is 1.55. The van der Waals surface area contributed by atoms with E-state index >= 15 is 0 Å². The zero-order valence-electron chi connectivity index (χ0n) is 15.3. The van der Waals surface area contributed by atoms with Crippen molar-refractivity contribution in [3.05, 3.63) is 70.8 Å². The number of ether oxygens (including phenoxy) is 1. The Labute approximate surface area is 154 Å². The van der Waals surface area contributed by atoms with Crippen molar-refractivity contribution in [1.82, 2.24) is 5.32 Å². The second kappa shape index (κ2) is 8.17. The Bertz CT molecular complexity index is 782. The van der Waals surface area contributed by atoms with Crippen LogP contribution in [-0.4, -0.2) is 18.0 Å². The summed E-state index contributed by atoms with van der Waals surface area (Å²) in [4.78, 5) is 24.6. The van der Waals surface area contributed by atoms with Gasteiger partial charge in [-0.15, -0.1) is 0 Å². The molecule has 136 valence electrons. The van der Waals surface area contributed by atoms with E-state index in [0.29, 0.717) is 0 Å². The van der Waals surface area contributed by atoms with Crippen LogP contribution in [0.15, 0.2) is 48.5 Å². The molecule has 4 heteroatoms. The number of hydrogen-bond acceptors (Lipinski definition) is 3. The molecule has 2 atom stereocenters. The van der Waals surface area contributed by atoms with Gasteiger partial charge in [-0.3, -0.25) is 9.59 Å². The molecule has 0 aromatic heterocycles. The van der Waals surface area contributed by atoms with Crippen molar-refractivity contribution >= 4 is 11.9 Å². The molecule has 0 saturated heterocycles. The summed E-state index contributed by atoms with van der Waals surface area (Å²) < 4.78 is 5.32. The largest absolute Gasteiger partial charge is 0.452 e. The molecule has 0 spiro atoms. The normalized spacial score (nSPS) is 17.1. The monoisotopic (exact) mass is 351 g/mol. The predicted octanol–water partition coefficient (Wildman–Crippen LogP) is 3.66. The predicted molar refractivity (Wildman–Crippen MR) is 101 cm³/mol. The molecule has 0 saturated carbocycles. The third kappa shape index (κ3) is 4.51. The number of benzene rings is 2. The Kier molecular flexibility index (Phi) is 5.71. The number of fused-ring (bicyclic) bond motifs is 1. The van der Waals surface area contributed by atoms with Gasteiger partial charge in [-0.1, -0.05) is 54.1 Å². The first kappa shape index (κ1) is 18.2. The molecule has 4 nitrogen and oxygen atoms in total. The molecular formula is C22H25NO3. The fourth-order valence-electron chi connectivity index (χ4n) is 3.36. The van der Waals surface area contributed by atoms with E-state index in [0.717, 1.165) is 30.4 Å². The smallest absolute Gasteiger partial charge is 0.311 e. The maximum atomic E-state index is 12.5. The van der Waals surface area contributed by atoms with E-state index in [2.05, 4.69) is 17.4 Å². The van der Waals surface area contributed by atoms with Gasteiger partial charge in [0.1, 0.15) is 0 Å². The zero-order chi connectivity index (χ0) is 18.5. The van der Waals surface area contributed by atoms with E-state index in [-0.39, 0.29) is 24.3 Å². The van der Waals surface area contributed by atoms with Crippen LogP contribution in [0.25, 0.3) is 0 Å². The van der Waals surface area contributed by atoms with Gasteiger partial charge in [0, 0.05) is 0 Å². The highest BCUT2D eigenvalue weighted by Crippen LogP contribution is 2.29. The quantitative estimate of drug-likeness (QED) is 0.837. The summed E-state index contributed by atoms with van der Waals surface area (Å²) in [5.41, 5.74) is 4.48. The average molecular weight is 351 g/mol. The van der Waals surface area contributed by atoms with Crippen LogP contribution in [0, 0.1) is 6.92 Å². The number of rotatable bonds is 5. The van der Waals surface area contributed by atoms with Gasteiger partial charge in [0.25, 0.3) is 5.91 Å². The van der Waals surface area contributed by atoms with Gasteiger partial charge in [0.05, 0.1) is 12.5 Å². The van der Waals surface area contributed by atoms with Crippen LogP contribution in [0.4, 0.5) is 0 Å². The molecule has 3 rings (SSSR count). The SMILES string of the molecule is Cc1ccc(CC(=O)O[C@H](C)C(=O)N[C@H]2CCCc3ccccc32)cc1. The van der Waals surface area contributed by atoms with Crippen LogP contribution >= 0.6 is 0 Å². The standard InChI is InChI=1S/C22H25NO3/c1-15-10-12-17(13-11-15)14-21(24)26-16(2)22(25)23-20-9-5-7-18-6-3-4-8-19(18)20/h3-4,6,8,10-13,16,20H,5,7,9,14H2,1-2H3,(H,23,25)/t16-,20+/m1/s1. The molecule has 0 heterocycles. The molecule has 2 aromatic carbocycles. The highest BCUT2D eigenvalue weighted by Gasteiger charge is 2.25. The molecule has 1 aliphatic rings. The zero-order valence-corrected chi connectivity index (χ0v) is 15.3. The maximum Gasteiger partial charge on any atom is 0.311 e. The molecule has 0 fully saturated rings. The van der Waals surface area contributed by atoms with E-state index in [1.807, 2.05) is 43.3 Å². The van der Waals surface area contributed by atoms with Gasteiger partial charge in [0.2, 0.25) is 0 Å². The highest BCUT2D eigenvalue weighted by atomic mass is 16.5. The molecule has 0 radical (unpaired) electrons. The molecule has 1 amide bonds. The summed E-state index contributed by atoms with van der Waals surface area (Å²) in [6.07, 6.45) is 2.37. The molecule has 0 bridgehead atoms. The van der Waals surface area contributed by atoms with Crippen molar-refractivity contribution in [3.63, 3.8) is 0 Å². The summed E-state index contributed by atoms with van der Waals surface area (Å²) in [6.45, 7) is 3.62. The first-order valence-electron chi connectivity index (χ1n) is 9.16. The van der Waals surface area contributed by atoms with Crippen LogP contribution in [0.2, 0.25) is 0 Å². The van der Waals surface area contributed by atoms with Crippen molar-refractivity contribution in [2.24, 2.45) is 0 Å². The van der Waals surface area contributed by atoms with Gasteiger partial charge < -0.3 is 10.1 Å². The fourth-order valence-corrected chi connectivity index (χ4v) is 3.36. The van der Waals surface area contributed by atoms with Gasteiger partial charge >= 0.3 is 5.97 Å². The van der Waals surface area contributed by atoms with Crippen LogP contribution in [0.1, 0.15) is 48.1 Å². The van der Waals surface area contributed by atoms with E-state index < -0.39 is 6.10 Å². The van der Waals surface area contributed by atoms with Crippen molar-refractivity contribution in [2.45, 2.75) is 51.7 Å². The minimum Gasteiger partial charge on any atom is -0.452 e. The second-order valence-corrected chi connectivity index (χ2v) is 6.95. The summed E-state index contributed by atoms with van der Waals surface area (Å²) in [6, 6.07) is 15.9. The lowest BCUT2D eigenvalue weighted by Gasteiger charge is -2.27. The van der Waals surface area contributed by atoms with Crippen LogP contribution in [0.3, 0.4) is 0 Å². The van der Waals surface area contributed by atoms with E-state index in [1.165, 1.54) is 11.1 Å². The third-order valence-electron chi connectivity index (χ3n) is 4.83. The number of hydrogen-bond donors (Lipinski definition) is 1. The van der Waals surface area contributed by atoms with Crippen LogP contribution in [0.5, 0.6) is 0 Å². The molecule has 0 unspecified atom stereocenters. The summed E-state index contributed by atoms with van der Waals surface area (Å²) in [5, 5.41) is 3.04. The van der Waals surface area contributed by atoms with Gasteiger partial charge in [-0.2, -0.15) is 0 Å². The Hall–Kier alpha value is -2.62. The second-order valence-electron chi connectivity index (χ2n) is 6.95. The number of nitrogens with one attached hydrogen (secondary N) is 1. The van der Waals surface area contributed by atoms with Gasteiger partial charge in [-0.05, 0) is 49.8 Å². The number of aryl methyl sites for hydroxylation is 2. The summed E-state index contributed by atoms with van der Waals surface area (Å²) in [7, 11) is 0. The van der Waals surface area contributed by atoms with Crippen molar-refractivity contribution in [3.8, 4) is 0 Å². The van der Waals surface area contributed by atoms with E-state index in [9.17, 15) is 9.59 Å². The topological polar surface area (TPSA) is 55.4 Å². The minimum atomic E-state index is -0.804. The third-order valence-corrected chi connectivity index (χ3v) is 4.83. The summed E-state index contributed by atoms with van der Waals surface area (Å²) >= 11 is 0. The lowest BCUT2D eigenvalue weighted by Crippen LogP contribution is -2.39. The number of esters is 1. The highest BCUT2D eigenvalue weighted by molar-refractivity contribution is 5.84. The average Bonchev–Trinajstić information content (AvgIpc) is 2.64. The van der Waals surface area contributed by atoms with Crippen molar-refractivity contribution < 1.29 is 14.3 Å². The maximum absolute atomic E-state index is 12.5. The Morgan fingerprint density at radius 1 is 1.15 bits per heavy atom. The van der Waals surface area contributed by atoms with E-state index in [1.54, 1.807) is 6.92 Å². The first-order chi connectivity index (χ1) is 12.5. The molecule has 1 N–H and O–H groups in total. The minimum absolute atomic E-state index is 0.00861. The molecule has 1 aliphatic carbocycles. The fraction of sp³-hybridized carbons (Fsp3) is 0.364. The number of carbonyl (C=O) groups excluding carboxylic acids is 2. The van der Waals surface area contributed by atoms with Crippen molar-refractivity contribution in [2.75, 3.05) is 0 Å². The lowest BCUT2D eigenvalue weighted by atomic mass is 9.87. The molecule has 0 aliphatic heterocycles. The van der Waals surface area contributed by atoms with Crippen LogP contribution < -0.4 is 5.32 Å². The van der Waals surface area contributed by atoms with Gasteiger partial charge in [-0.25, -0.2) is 0 Å². The molecular weight excluding hydrogens is 326 g/mol. The van der Waals surface area contributed by atoms with Crippen molar-refractivity contribution in [1.29, 1.82) is 0 Å². The Morgan fingerprint density at radius 3 is 2.65 bits per heavy atom. The first-order valence-corrected chi connectivity index (χ1v) is 9.16. The Morgan fingerprint density at radius 2 is 1.88 bits per heavy atom. The molecule has 2 aromatic rings. The summed E-state index contributed by atoms with van der Waals surface area (Å²) in [5.74, 6) is -0.635. The lowest BCUT2D eigenvalue weighted by molar-refractivity contribution is -0.154. The molecule has 26 heavy (non-hydrogen) atoms. The van der Waals surface area contributed by atoms with E-state index in [4.69, 9.17) is 4.74 Å².